The Morgan fingerprint density at radius 3 is 2.62 bits per heavy atom. The highest BCUT2D eigenvalue weighted by atomic mass is 32.2. The fraction of sp³-hybridized carbons (Fsp3) is 0.316. The number of alkyl halides is 2. The summed E-state index contributed by atoms with van der Waals surface area (Å²) >= 11 is 0. The van der Waals surface area contributed by atoms with Gasteiger partial charge in [-0.15, -0.1) is 10.2 Å². The molecule has 1 aromatic carbocycles. The van der Waals surface area contributed by atoms with Crippen molar-refractivity contribution in [1.82, 2.24) is 19.5 Å². The van der Waals surface area contributed by atoms with Gasteiger partial charge in [0.15, 0.2) is 0 Å². The van der Waals surface area contributed by atoms with E-state index in [0.29, 0.717) is 0 Å². The number of halogens is 3. The largest absolute Gasteiger partial charge is 0.415 e. The van der Waals surface area contributed by atoms with Crippen molar-refractivity contribution in [3.63, 3.8) is 0 Å². The molecule has 15 heteroatoms. The van der Waals surface area contributed by atoms with Gasteiger partial charge in [0.05, 0.1) is 16.9 Å². The van der Waals surface area contributed by atoms with E-state index >= 15 is 0 Å². The summed E-state index contributed by atoms with van der Waals surface area (Å²) < 4.78 is 91.4. The number of rotatable bonds is 6. The van der Waals surface area contributed by atoms with Gasteiger partial charge in [-0.25, -0.2) is 13.7 Å². The molecular formula is C19H19F3N6O4S2. The number of pyridine rings is 1. The molecule has 1 saturated heterocycles. The van der Waals surface area contributed by atoms with Crippen LogP contribution in [0.3, 0.4) is 0 Å². The molecule has 2 unspecified atom stereocenters. The van der Waals surface area contributed by atoms with Crippen molar-refractivity contribution < 1.29 is 30.2 Å². The number of nitrogens with one attached hydrogen (secondary N) is 1. The van der Waals surface area contributed by atoms with E-state index in [1.54, 1.807) is 0 Å². The SMILES string of the molecule is N=S1(=O)CCN(S(N)(=O)=O)C(Cc2ccc(-c3nnc(C(F)F)o3)cn2)(c2cccc(F)c2)C1. The summed E-state index contributed by atoms with van der Waals surface area (Å²) in [6.45, 7) is -0.297. The predicted octanol–water partition coefficient (Wildman–Crippen LogP) is 2.21. The highest BCUT2D eigenvalue weighted by molar-refractivity contribution is 7.92. The minimum Gasteiger partial charge on any atom is -0.415 e. The van der Waals surface area contributed by atoms with E-state index in [1.807, 2.05) is 0 Å². The maximum absolute atomic E-state index is 14.1. The summed E-state index contributed by atoms with van der Waals surface area (Å²) in [7, 11) is -7.59. The molecule has 0 bridgehead atoms. The second kappa shape index (κ2) is 8.72. The molecule has 0 saturated carbocycles. The first-order chi connectivity index (χ1) is 15.9. The number of aromatic nitrogens is 3. The Kier molecular flexibility index (Phi) is 6.22. The standard InChI is InChI=1S/C19H19F3N6O4S2/c20-14-3-1-2-13(8-14)19(11-33(23,29)7-6-28(19)34(24,30)31)9-15-5-4-12(10-25-15)17-26-27-18(32-17)16(21)22/h1-5,8,10,16,23H,6-7,9,11H2,(H2,24,30,31). The zero-order valence-electron chi connectivity index (χ0n) is 17.4. The van der Waals surface area contributed by atoms with Crippen LogP contribution in [0.1, 0.15) is 23.6 Å². The molecule has 0 radical (unpaired) electrons. The van der Waals surface area contributed by atoms with Crippen molar-refractivity contribution in [3.05, 3.63) is 65.6 Å². The molecule has 2 atom stereocenters. The fourth-order valence-corrected chi connectivity index (χ4v) is 7.07. The van der Waals surface area contributed by atoms with Gasteiger partial charge in [0.2, 0.25) is 5.89 Å². The number of benzene rings is 1. The lowest BCUT2D eigenvalue weighted by Crippen LogP contribution is -2.61. The molecule has 182 valence electrons. The molecule has 0 spiro atoms. The van der Waals surface area contributed by atoms with Crippen molar-refractivity contribution in [2.24, 2.45) is 5.14 Å². The molecule has 0 amide bonds. The number of hydrogen-bond acceptors (Lipinski definition) is 8. The maximum atomic E-state index is 14.1. The van der Waals surface area contributed by atoms with Crippen LogP contribution < -0.4 is 5.14 Å². The van der Waals surface area contributed by atoms with E-state index in [9.17, 15) is 25.8 Å². The molecule has 4 rings (SSSR count). The third kappa shape index (κ3) is 4.82. The van der Waals surface area contributed by atoms with Gasteiger partial charge in [0.1, 0.15) is 5.82 Å². The van der Waals surface area contributed by atoms with Crippen LogP contribution >= 0.6 is 0 Å². The van der Waals surface area contributed by atoms with Crippen molar-refractivity contribution in [3.8, 4) is 11.5 Å². The van der Waals surface area contributed by atoms with E-state index in [-0.39, 0.29) is 41.4 Å². The molecular weight excluding hydrogens is 497 g/mol. The van der Waals surface area contributed by atoms with Crippen LogP contribution in [0, 0.1) is 10.6 Å². The summed E-state index contributed by atoms with van der Waals surface area (Å²) in [6, 6.07) is 8.04. The molecule has 0 aliphatic carbocycles. The van der Waals surface area contributed by atoms with Gasteiger partial charge in [-0.1, -0.05) is 12.1 Å². The second-order valence-electron chi connectivity index (χ2n) is 7.78. The van der Waals surface area contributed by atoms with Crippen LogP contribution in [0.15, 0.2) is 47.0 Å². The molecule has 1 aliphatic rings. The summed E-state index contributed by atoms with van der Waals surface area (Å²) in [5, 5.41) is 12.3. The second-order valence-corrected chi connectivity index (χ2v) is 11.6. The van der Waals surface area contributed by atoms with Crippen LogP contribution in [0.4, 0.5) is 13.2 Å². The highest BCUT2D eigenvalue weighted by Crippen LogP contribution is 2.39. The van der Waals surface area contributed by atoms with Crippen LogP contribution in [0.25, 0.3) is 11.5 Å². The van der Waals surface area contributed by atoms with Crippen molar-refractivity contribution in [2.75, 3.05) is 18.1 Å². The minimum atomic E-state index is -4.35. The fourth-order valence-electron chi connectivity index (χ4n) is 3.99. The summed E-state index contributed by atoms with van der Waals surface area (Å²) in [6.07, 6.45) is -1.86. The summed E-state index contributed by atoms with van der Waals surface area (Å²) in [5.41, 5.74) is -0.952. The molecule has 34 heavy (non-hydrogen) atoms. The lowest BCUT2D eigenvalue weighted by Gasteiger charge is -2.46. The normalized spacial score (nSPS) is 23.9. The van der Waals surface area contributed by atoms with Crippen LogP contribution in [0.5, 0.6) is 0 Å². The third-order valence-electron chi connectivity index (χ3n) is 5.42. The van der Waals surface area contributed by atoms with E-state index in [2.05, 4.69) is 15.2 Å². The van der Waals surface area contributed by atoms with Crippen molar-refractivity contribution in [1.29, 1.82) is 4.78 Å². The smallest absolute Gasteiger partial charge is 0.314 e. The van der Waals surface area contributed by atoms with E-state index < -0.39 is 49.4 Å². The quantitative estimate of drug-likeness (QED) is 0.509. The first-order valence-corrected chi connectivity index (χ1v) is 13.2. The minimum absolute atomic E-state index is 0.172. The Labute approximate surface area is 193 Å². The average Bonchev–Trinajstić information content (AvgIpc) is 3.23. The van der Waals surface area contributed by atoms with Gasteiger partial charge in [-0.2, -0.15) is 21.5 Å². The molecule has 3 N–H and O–H groups in total. The van der Waals surface area contributed by atoms with Crippen LogP contribution in [0.2, 0.25) is 0 Å². The summed E-state index contributed by atoms with van der Waals surface area (Å²) in [5.74, 6) is -2.34. The van der Waals surface area contributed by atoms with Gasteiger partial charge in [0, 0.05) is 40.3 Å². The zero-order valence-corrected chi connectivity index (χ0v) is 19.0. The maximum Gasteiger partial charge on any atom is 0.314 e. The number of nitrogens with zero attached hydrogens (tertiary/aromatic N) is 4. The monoisotopic (exact) mass is 516 g/mol. The zero-order chi connectivity index (χ0) is 24.7. The molecule has 1 fully saturated rings. The molecule has 10 nitrogen and oxygen atoms in total. The molecule has 3 heterocycles. The molecule has 3 aromatic rings. The number of nitrogens with two attached hydrogens (primary N) is 1. The van der Waals surface area contributed by atoms with Gasteiger partial charge in [-0.05, 0) is 29.8 Å². The van der Waals surface area contributed by atoms with Crippen molar-refractivity contribution >= 4 is 19.9 Å². The molecule has 2 aromatic heterocycles. The van der Waals surface area contributed by atoms with Gasteiger partial charge in [0.25, 0.3) is 16.1 Å². The van der Waals surface area contributed by atoms with Gasteiger partial charge < -0.3 is 4.42 Å². The predicted molar refractivity (Wildman–Crippen MR) is 115 cm³/mol. The van der Waals surface area contributed by atoms with Gasteiger partial charge >= 0.3 is 6.43 Å². The Balaban J connectivity index is 1.78. The summed E-state index contributed by atoms with van der Waals surface area (Å²) in [4.78, 5) is 4.24. The Bertz CT molecular complexity index is 1410. The Hall–Kier alpha value is -2.88. The first kappa shape index (κ1) is 24.3. The van der Waals surface area contributed by atoms with Crippen LogP contribution in [-0.2, 0) is 31.9 Å². The number of hydrogen-bond donors (Lipinski definition) is 2. The first-order valence-electron chi connectivity index (χ1n) is 9.77. The topological polar surface area (TPSA) is 156 Å². The molecule has 1 aliphatic heterocycles. The Morgan fingerprint density at radius 1 is 1.26 bits per heavy atom. The van der Waals surface area contributed by atoms with E-state index in [4.69, 9.17) is 14.3 Å². The highest BCUT2D eigenvalue weighted by Gasteiger charge is 2.49. The van der Waals surface area contributed by atoms with Crippen molar-refractivity contribution in [2.45, 2.75) is 18.4 Å². The van der Waals surface area contributed by atoms with E-state index in [0.717, 1.165) is 10.4 Å². The lowest BCUT2D eigenvalue weighted by atomic mass is 9.86. The lowest BCUT2D eigenvalue weighted by molar-refractivity contribution is 0.116. The Morgan fingerprint density at radius 2 is 2.03 bits per heavy atom. The van der Waals surface area contributed by atoms with E-state index in [1.165, 1.54) is 36.5 Å². The average molecular weight is 517 g/mol. The third-order valence-corrected chi connectivity index (χ3v) is 8.35. The van der Waals surface area contributed by atoms with Gasteiger partial charge in [-0.3, -0.25) is 9.76 Å². The van der Waals surface area contributed by atoms with Crippen LogP contribution in [-0.4, -0.2) is 50.2 Å².